The zero-order chi connectivity index (χ0) is 28.9. The van der Waals surface area contributed by atoms with Crippen LogP contribution in [0, 0.1) is 0 Å². The second-order valence-corrected chi connectivity index (χ2v) is 10.8. The van der Waals surface area contributed by atoms with Gasteiger partial charge in [0.15, 0.2) is 6.61 Å². The van der Waals surface area contributed by atoms with Gasteiger partial charge in [0.1, 0.15) is 29.7 Å². The molecule has 0 bridgehead atoms. The van der Waals surface area contributed by atoms with Crippen molar-refractivity contribution in [2.75, 3.05) is 44.3 Å². The van der Waals surface area contributed by atoms with Crippen LogP contribution in [0.15, 0.2) is 71.7 Å². The van der Waals surface area contributed by atoms with E-state index in [1.807, 2.05) is 47.1 Å². The Morgan fingerprint density at radius 3 is 2.24 bits per heavy atom. The van der Waals surface area contributed by atoms with Crippen LogP contribution in [-0.4, -0.2) is 73.3 Å². The first-order chi connectivity index (χ1) is 19.9. The van der Waals surface area contributed by atoms with Gasteiger partial charge in [-0.15, -0.1) is 0 Å². The number of nitrogens with zero attached hydrogens (tertiary/aromatic N) is 4. The van der Waals surface area contributed by atoms with E-state index in [9.17, 15) is 9.59 Å². The van der Waals surface area contributed by atoms with E-state index in [-0.39, 0.29) is 18.6 Å². The summed E-state index contributed by atoms with van der Waals surface area (Å²) in [5.41, 5.74) is 2.32. The zero-order valence-electron chi connectivity index (χ0n) is 23.0. The van der Waals surface area contributed by atoms with Gasteiger partial charge in [-0.1, -0.05) is 29.3 Å². The van der Waals surface area contributed by atoms with Gasteiger partial charge in [-0.25, -0.2) is 4.99 Å². The van der Waals surface area contributed by atoms with Crippen molar-refractivity contribution < 1.29 is 19.1 Å². The molecule has 0 saturated carbocycles. The molecule has 0 aromatic heterocycles. The Labute approximate surface area is 250 Å². The number of amides is 1. The normalized spacial score (nSPS) is 17.9. The summed E-state index contributed by atoms with van der Waals surface area (Å²) < 4.78 is 11.3. The molecule has 1 amide bonds. The quantitative estimate of drug-likeness (QED) is 0.292. The van der Waals surface area contributed by atoms with Crippen molar-refractivity contribution in [2.24, 2.45) is 4.99 Å². The monoisotopic (exact) mass is 594 g/mol. The molecule has 0 radical (unpaired) electrons. The van der Waals surface area contributed by atoms with Gasteiger partial charge in [-0.3, -0.25) is 9.69 Å². The van der Waals surface area contributed by atoms with Crippen molar-refractivity contribution in [3.05, 3.63) is 82.3 Å². The van der Waals surface area contributed by atoms with Crippen molar-refractivity contribution in [2.45, 2.75) is 25.9 Å². The van der Waals surface area contributed by atoms with E-state index in [2.05, 4.69) is 11.8 Å². The summed E-state index contributed by atoms with van der Waals surface area (Å²) in [5.74, 6) is 2.04. The van der Waals surface area contributed by atoms with Crippen LogP contribution in [0.3, 0.4) is 0 Å². The molecule has 0 N–H and O–H groups in total. The molecule has 10 heteroatoms. The highest BCUT2D eigenvalue weighted by Gasteiger charge is 2.36. The highest BCUT2D eigenvalue weighted by atomic mass is 35.5. The van der Waals surface area contributed by atoms with E-state index in [1.165, 1.54) is 0 Å². The topological polar surface area (TPSA) is 74.7 Å². The molecule has 2 heterocycles. The number of halogens is 2. The summed E-state index contributed by atoms with van der Waals surface area (Å²) in [5, 5.41) is 1.18. The number of carbonyl (C=O) groups excluding carboxylic acids is 2. The standard InChI is InChI=1S/C31H32Cl2N4O4/c1-3-40-25-11-7-24(8-12-25)37-29(19-38)27-13-6-23(33)18-28(27)34-31(37)21(2)35-14-16-36(17-15-35)30(39)20-41-26-9-4-22(32)5-10-26/h4-13,18-19,21,29H,3,14-17,20H2,1-2H3. The van der Waals surface area contributed by atoms with Crippen molar-refractivity contribution >= 4 is 52.6 Å². The lowest BCUT2D eigenvalue weighted by molar-refractivity contribution is -0.135. The average molecular weight is 596 g/mol. The Bertz CT molecular complexity index is 1410. The van der Waals surface area contributed by atoms with Gasteiger partial charge in [-0.2, -0.15) is 0 Å². The lowest BCUT2D eigenvalue weighted by atomic mass is 9.99. The number of benzene rings is 3. The first kappa shape index (κ1) is 28.9. The Balaban J connectivity index is 1.33. The summed E-state index contributed by atoms with van der Waals surface area (Å²) in [4.78, 5) is 36.5. The van der Waals surface area contributed by atoms with Crippen molar-refractivity contribution in [3.63, 3.8) is 0 Å². The third kappa shape index (κ3) is 6.50. The molecule has 8 nitrogen and oxygen atoms in total. The number of aliphatic imine (C=N–C) groups is 1. The van der Waals surface area contributed by atoms with Gasteiger partial charge >= 0.3 is 0 Å². The lowest BCUT2D eigenvalue weighted by Crippen LogP contribution is -2.57. The Morgan fingerprint density at radius 2 is 1.59 bits per heavy atom. The summed E-state index contributed by atoms with van der Waals surface area (Å²) in [6.07, 6.45) is 0.946. The number of anilines is 1. The van der Waals surface area contributed by atoms with E-state index in [0.29, 0.717) is 54.3 Å². The zero-order valence-corrected chi connectivity index (χ0v) is 24.5. The Hall–Kier alpha value is -3.59. The molecular weight excluding hydrogens is 563 g/mol. The fourth-order valence-corrected chi connectivity index (χ4v) is 5.50. The lowest BCUT2D eigenvalue weighted by Gasteiger charge is -2.43. The van der Waals surface area contributed by atoms with E-state index in [1.54, 1.807) is 36.4 Å². The Morgan fingerprint density at radius 1 is 0.951 bits per heavy atom. The molecular formula is C31H32Cl2N4O4. The number of aldehydes is 1. The van der Waals surface area contributed by atoms with Gasteiger partial charge in [-0.05, 0) is 74.5 Å². The summed E-state index contributed by atoms with van der Waals surface area (Å²) in [6, 6.07) is 19.4. The second-order valence-electron chi connectivity index (χ2n) is 9.89. The summed E-state index contributed by atoms with van der Waals surface area (Å²) >= 11 is 12.2. The minimum atomic E-state index is -0.567. The van der Waals surface area contributed by atoms with Gasteiger partial charge < -0.3 is 24.1 Å². The van der Waals surface area contributed by atoms with Gasteiger partial charge in [0.2, 0.25) is 0 Å². The van der Waals surface area contributed by atoms with Crippen LogP contribution in [0.25, 0.3) is 0 Å². The van der Waals surface area contributed by atoms with Crippen LogP contribution in [0.4, 0.5) is 11.4 Å². The number of amidine groups is 1. The average Bonchev–Trinajstić information content (AvgIpc) is 3.00. The van der Waals surface area contributed by atoms with Crippen LogP contribution in [0.5, 0.6) is 11.5 Å². The molecule has 5 rings (SSSR count). The minimum Gasteiger partial charge on any atom is -0.494 e. The highest BCUT2D eigenvalue weighted by molar-refractivity contribution is 6.31. The van der Waals surface area contributed by atoms with Crippen LogP contribution in [0.2, 0.25) is 10.0 Å². The SMILES string of the molecule is CCOc1ccc(N2C(C(C)N3CCN(C(=O)COc4ccc(Cl)cc4)CC3)=Nc3cc(Cl)ccc3C2C=O)cc1. The first-order valence-electron chi connectivity index (χ1n) is 13.6. The first-order valence-corrected chi connectivity index (χ1v) is 14.4. The molecule has 41 heavy (non-hydrogen) atoms. The fraction of sp³-hybridized carbons (Fsp3) is 0.323. The van der Waals surface area contributed by atoms with E-state index in [4.69, 9.17) is 37.7 Å². The molecule has 2 aliphatic heterocycles. The largest absolute Gasteiger partial charge is 0.494 e. The molecule has 0 aliphatic carbocycles. The summed E-state index contributed by atoms with van der Waals surface area (Å²) in [6.45, 7) is 6.98. The van der Waals surface area contributed by atoms with E-state index in [0.717, 1.165) is 29.1 Å². The second kappa shape index (κ2) is 12.9. The van der Waals surface area contributed by atoms with Crippen molar-refractivity contribution in [1.29, 1.82) is 0 Å². The fourth-order valence-electron chi connectivity index (χ4n) is 5.20. The molecule has 0 spiro atoms. The van der Waals surface area contributed by atoms with Gasteiger partial charge in [0.05, 0.1) is 18.3 Å². The number of hydrogen-bond donors (Lipinski definition) is 0. The molecule has 3 aromatic rings. The number of rotatable bonds is 9. The number of carbonyl (C=O) groups is 2. The minimum absolute atomic E-state index is 0.0338. The summed E-state index contributed by atoms with van der Waals surface area (Å²) in [7, 11) is 0. The molecule has 214 valence electrons. The molecule has 1 fully saturated rings. The number of fused-ring (bicyclic) bond motifs is 1. The van der Waals surface area contributed by atoms with Crippen molar-refractivity contribution in [1.82, 2.24) is 9.80 Å². The molecule has 2 aliphatic rings. The number of hydrogen-bond acceptors (Lipinski definition) is 7. The smallest absolute Gasteiger partial charge is 0.260 e. The third-order valence-corrected chi connectivity index (χ3v) is 7.88. The van der Waals surface area contributed by atoms with Crippen LogP contribution < -0.4 is 14.4 Å². The third-order valence-electron chi connectivity index (χ3n) is 7.39. The maximum absolute atomic E-state index is 12.8. The van der Waals surface area contributed by atoms with Gasteiger partial charge in [0.25, 0.3) is 5.91 Å². The van der Waals surface area contributed by atoms with Crippen LogP contribution >= 0.6 is 23.2 Å². The molecule has 1 saturated heterocycles. The van der Waals surface area contributed by atoms with Gasteiger partial charge in [0, 0.05) is 47.5 Å². The Kier molecular flexibility index (Phi) is 9.12. The van der Waals surface area contributed by atoms with Crippen LogP contribution in [-0.2, 0) is 9.59 Å². The predicted octanol–water partition coefficient (Wildman–Crippen LogP) is 5.79. The molecule has 3 aromatic carbocycles. The number of ether oxygens (including phenoxy) is 2. The molecule has 2 atom stereocenters. The van der Waals surface area contributed by atoms with E-state index >= 15 is 0 Å². The van der Waals surface area contributed by atoms with E-state index < -0.39 is 6.04 Å². The maximum atomic E-state index is 12.8. The van der Waals surface area contributed by atoms with Crippen molar-refractivity contribution in [3.8, 4) is 11.5 Å². The predicted molar refractivity (Wildman–Crippen MR) is 162 cm³/mol. The number of piperazine rings is 1. The van der Waals surface area contributed by atoms with Crippen LogP contribution in [0.1, 0.15) is 25.5 Å². The maximum Gasteiger partial charge on any atom is 0.260 e. The molecule has 2 unspecified atom stereocenters. The highest BCUT2D eigenvalue weighted by Crippen LogP contribution is 2.40.